The van der Waals surface area contributed by atoms with E-state index < -0.39 is 5.97 Å². The van der Waals surface area contributed by atoms with Gasteiger partial charge in [-0.05, 0) is 0 Å². The molecule has 0 aliphatic rings. The predicted octanol–water partition coefficient (Wildman–Crippen LogP) is -0.0802. The molecule has 14 heavy (non-hydrogen) atoms. The van der Waals surface area contributed by atoms with Gasteiger partial charge in [0.25, 0.3) is 0 Å². The van der Waals surface area contributed by atoms with Gasteiger partial charge >= 0.3 is 5.97 Å². The molecule has 0 aliphatic heterocycles. The number of aromatic carboxylic acids is 1. The lowest BCUT2D eigenvalue weighted by Crippen LogP contribution is -1.99. The second kappa shape index (κ2) is 3.08. The van der Waals surface area contributed by atoms with Crippen LogP contribution in [0, 0.1) is 0 Å². The summed E-state index contributed by atoms with van der Waals surface area (Å²) in [4.78, 5) is 14.6. The Morgan fingerprint density at radius 1 is 1.50 bits per heavy atom. The fourth-order valence-electron chi connectivity index (χ4n) is 1.15. The Bertz CT molecular complexity index is 492. The summed E-state index contributed by atoms with van der Waals surface area (Å²) in [5, 5.41) is 21.4. The monoisotopic (exact) mass is 193 g/mol. The number of carbonyl (C=O) groups is 1. The van der Waals surface area contributed by atoms with Crippen LogP contribution >= 0.6 is 0 Å². The first-order valence-electron chi connectivity index (χ1n) is 3.89. The highest BCUT2D eigenvalue weighted by Gasteiger charge is 2.11. The van der Waals surface area contributed by atoms with Gasteiger partial charge in [-0.15, -0.1) is 0 Å². The van der Waals surface area contributed by atoms with Gasteiger partial charge in [0.05, 0.1) is 12.8 Å². The van der Waals surface area contributed by atoms with E-state index in [-0.39, 0.29) is 17.8 Å². The minimum atomic E-state index is -1.07. The van der Waals surface area contributed by atoms with E-state index >= 15 is 0 Å². The van der Waals surface area contributed by atoms with E-state index in [1.54, 1.807) is 0 Å². The van der Waals surface area contributed by atoms with E-state index in [0.29, 0.717) is 5.56 Å². The summed E-state index contributed by atoms with van der Waals surface area (Å²) in [7, 11) is 0. The molecule has 2 rings (SSSR count). The number of fused-ring (bicyclic) bond motifs is 1. The van der Waals surface area contributed by atoms with Crippen molar-refractivity contribution in [2.24, 2.45) is 0 Å². The topological polar surface area (TPSA) is 87.7 Å². The number of carboxylic acids is 1. The van der Waals surface area contributed by atoms with Crippen molar-refractivity contribution in [3.63, 3.8) is 0 Å². The number of hydrogen-bond donors (Lipinski definition) is 2. The molecule has 2 heterocycles. The Morgan fingerprint density at radius 3 is 2.93 bits per heavy atom. The van der Waals surface area contributed by atoms with Crippen LogP contribution in [0.1, 0.15) is 15.9 Å². The van der Waals surface area contributed by atoms with E-state index in [1.165, 1.54) is 23.1 Å². The maximum Gasteiger partial charge on any atom is 0.341 e. The van der Waals surface area contributed by atoms with Crippen LogP contribution in [0.2, 0.25) is 0 Å². The third-order valence-corrected chi connectivity index (χ3v) is 1.82. The Morgan fingerprint density at radius 2 is 2.29 bits per heavy atom. The van der Waals surface area contributed by atoms with Crippen molar-refractivity contribution in [1.82, 2.24) is 14.6 Å². The SMILES string of the molecule is O=C(O)c1cnn2cc(CO)cnc12. The molecule has 6 nitrogen and oxygen atoms in total. The van der Waals surface area contributed by atoms with Gasteiger partial charge < -0.3 is 10.2 Å². The Hall–Kier alpha value is -1.95. The van der Waals surface area contributed by atoms with Crippen LogP contribution < -0.4 is 0 Å². The lowest BCUT2D eigenvalue weighted by Gasteiger charge is -1.96. The fourth-order valence-corrected chi connectivity index (χ4v) is 1.15. The van der Waals surface area contributed by atoms with Crippen LogP contribution in [0.15, 0.2) is 18.6 Å². The number of aromatic nitrogens is 3. The molecule has 0 saturated heterocycles. The second-order valence-electron chi connectivity index (χ2n) is 2.75. The highest BCUT2D eigenvalue weighted by Crippen LogP contribution is 2.08. The molecule has 0 fully saturated rings. The van der Waals surface area contributed by atoms with E-state index in [9.17, 15) is 4.79 Å². The highest BCUT2D eigenvalue weighted by atomic mass is 16.4. The first-order chi connectivity index (χ1) is 6.72. The lowest BCUT2D eigenvalue weighted by atomic mass is 10.3. The van der Waals surface area contributed by atoms with Crippen LogP contribution in [0.4, 0.5) is 0 Å². The van der Waals surface area contributed by atoms with Gasteiger partial charge in [-0.25, -0.2) is 14.3 Å². The number of rotatable bonds is 2. The number of carboxylic acid groups (broad SMARTS) is 1. The minimum Gasteiger partial charge on any atom is -0.477 e. The second-order valence-corrected chi connectivity index (χ2v) is 2.75. The molecule has 0 spiro atoms. The molecule has 2 aromatic heterocycles. The average Bonchev–Trinajstić information content (AvgIpc) is 2.59. The zero-order chi connectivity index (χ0) is 10.1. The summed E-state index contributed by atoms with van der Waals surface area (Å²) in [5.41, 5.74) is 0.904. The van der Waals surface area contributed by atoms with Gasteiger partial charge in [0, 0.05) is 18.0 Å². The molecule has 0 saturated carbocycles. The molecular weight excluding hydrogens is 186 g/mol. The first kappa shape index (κ1) is 8.64. The normalized spacial score (nSPS) is 10.6. The standard InChI is InChI=1S/C8H7N3O3/c12-4-5-1-9-7-6(8(13)14)2-10-11(7)3-5/h1-3,12H,4H2,(H,13,14). The Labute approximate surface area is 78.4 Å². The van der Waals surface area contributed by atoms with Crippen LogP contribution in [-0.4, -0.2) is 30.8 Å². The molecule has 0 amide bonds. The van der Waals surface area contributed by atoms with Crippen LogP contribution in [0.3, 0.4) is 0 Å². The molecule has 0 radical (unpaired) electrons. The van der Waals surface area contributed by atoms with Gasteiger partial charge in [0.15, 0.2) is 5.65 Å². The third-order valence-electron chi connectivity index (χ3n) is 1.82. The van der Waals surface area contributed by atoms with Gasteiger partial charge in [-0.1, -0.05) is 0 Å². The maximum absolute atomic E-state index is 10.7. The molecule has 0 aliphatic carbocycles. The van der Waals surface area contributed by atoms with E-state index in [0.717, 1.165) is 0 Å². The Balaban J connectivity index is 2.65. The zero-order valence-electron chi connectivity index (χ0n) is 7.08. The fraction of sp³-hybridized carbons (Fsp3) is 0.125. The van der Waals surface area contributed by atoms with E-state index in [1.807, 2.05) is 0 Å². The summed E-state index contributed by atoms with van der Waals surface area (Å²) in [6.07, 6.45) is 4.18. The summed E-state index contributed by atoms with van der Waals surface area (Å²) >= 11 is 0. The van der Waals surface area contributed by atoms with Crippen molar-refractivity contribution in [3.8, 4) is 0 Å². The van der Waals surface area contributed by atoms with Crippen molar-refractivity contribution >= 4 is 11.6 Å². The average molecular weight is 193 g/mol. The number of aliphatic hydroxyl groups is 1. The minimum absolute atomic E-state index is 0.0505. The van der Waals surface area contributed by atoms with Crippen molar-refractivity contribution in [3.05, 3.63) is 29.7 Å². The molecular formula is C8H7N3O3. The molecule has 2 aromatic rings. The summed E-state index contributed by atoms with van der Waals surface area (Å²) in [6.45, 7) is -0.148. The number of hydrogen-bond acceptors (Lipinski definition) is 4. The van der Waals surface area contributed by atoms with Crippen LogP contribution in [0.5, 0.6) is 0 Å². The molecule has 6 heteroatoms. The van der Waals surface area contributed by atoms with Crippen molar-refractivity contribution in [2.45, 2.75) is 6.61 Å². The smallest absolute Gasteiger partial charge is 0.341 e. The molecule has 0 bridgehead atoms. The number of aliphatic hydroxyl groups excluding tert-OH is 1. The summed E-state index contributed by atoms with van der Waals surface area (Å²) in [5.74, 6) is -1.07. The molecule has 0 atom stereocenters. The molecule has 0 unspecified atom stereocenters. The van der Waals surface area contributed by atoms with E-state index in [4.69, 9.17) is 10.2 Å². The van der Waals surface area contributed by atoms with Crippen LogP contribution in [-0.2, 0) is 6.61 Å². The van der Waals surface area contributed by atoms with Crippen LogP contribution in [0.25, 0.3) is 5.65 Å². The molecule has 72 valence electrons. The first-order valence-corrected chi connectivity index (χ1v) is 3.89. The van der Waals surface area contributed by atoms with E-state index in [2.05, 4.69) is 10.1 Å². The van der Waals surface area contributed by atoms with Crippen molar-refractivity contribution < 1.29 is 15.0 Å². The maximum atomic E-state index is 10.7. The largest absolute Gasteiger partial charge is 0.477 e. The van der Waals surface area contributed by atoms with Crippen molar-refractivity contribution in [2.75, 3.05) is 0 Å². The summed E-state index contributed by atoms with van der Waals surface area (Å²) in [6, 6.07) is 0. The van der Waals surface area contributed by atoms with Gasteiger partial charge in [0.2, 0.25) is 0 Å². The van der Waals surface area contributed by atoms with Gasteiger partial charge in [-0.3, -0.25) is 0 Å². The van der Waals surface area contributed by atoms with Crippen molar-refractivity contribution in [1.29, 1.82) is 0 Å². The zero-order valence-corrected chi connectivity index (χ0v) is 7.08. The van der Waals surface area contributed by atoms with Gasteiger partial charge in [-0.2, -0.15) is 5.10 Å². The lowest BCUT2D eigenvalue weighted by molar-refractivity contribution is 0.0699. The molecule has 0 aromatic carbocycles. The quantitative estimate of drug-likeness (QED) is 0.696. The number of nitrogens with zero attached hydrogens (tertiary/aromatic N) is 3. The molecule has 2 N–H and O–H groups in total. The Kier molecular flexibility index (Phi) is 1.90. The highest BCUT2D eigenvalue weighted by molar-refractivity contribution is 5.93. The summed E-state index contributed by atoms with van der Waals surface area (Å²) < 4.78 is 1.33. The third kappa shape index (κ3) is 1.21. The van der Waals surface area contributed by atoms with Gasteiger partial charge in [0.1, 0.15) is 5.56 Å². The predicted molar refractivity (Wildman–Crippen MR) is 45.9 cm³/mol.